The van der Waals surface area contributed by atoms with Crippen LogP contribution in [0.15, 0.2) is 42.5 Å². The van der Waals surface area contributed by atoms with Crippen LogP contribution in [0.1, 0.15) is 84.5 Å². The number of aliphatic hydroxyl groups is 1. The number of aromatic nitrogens is 5. The molecular weight excluding hydrogens is 784 g/mol. The average Bonchev–Trinajstić information content (AvgIpc) is 3.62. The van der Waals surface area contributed by atoms with Crippen molar-refractivity contribution in [3.63, 3.8) is 0 Å². The number of nitrogens with zero attached hydrogens (tertiary/aromatic N) is 5. The van der Waals surface area contributed by atoms with Crippen molar-refractivity contribution in [1.82, 2.24) is 24.5 Å². The van der Waals surface area contributed by atoms with Gasteiger partial charge in [-0.15, -0.1) is 0 Å². The maximum atomic E-state index is 15.4. The molecule has 1 N–H and O–H groups in total. The van der Waals surface area contributed by atoms with Crippen molar-refractivity contribution in [3.8, 4) is 23.0 Å². The van der Waals surface area contributed by atoms with Crippen molar-refractivity contribution < 1.29 is 44.7 Å². The van der Waals surface area contributed by atoms with Crippen molar-refractivity contribution in [3.05, 3.63) is 98.7 Å². The molecule has 0 spiro atoms. The van der Waals surface area contributed by atoms with Gasteiger partial charge in [-0.1, -0.05) is 23.6 Å². The summed E-state index contributed by atoms with van der Waals surface area (Å²) in [5, 5.41) is 19.1. The Hall–Kier alpha value is -4.72. The molecule has 2 aromatic carbocycles. The third-order valence-electron chi connectivity index (χ3n) is 9.88. The lowest BCUT2D eigenvalue weighted by molar-refractivity contribution is -0.120. The molecule has 56 heavy (non-hydrogen) atoms. The Labute approximate surface area is 322 Å². The van der Waals surface area contributed by atoms with Gasteiger partial charge in [0.15, 0.2) is 15.6 Å². The van der Waals surface area contributed by atoms with Crippen LogP contribution in [-0.4, -0.2) is 55.7 Å². The summed E-state index contributed by atoms with van der Waals surface area (Å²) < 4.78 is 115. The number of carbonyl (C=O) groups excluding carboxylic acids is 1. The summed E-state index contributed by atoms with van der Waals surface area (Å²) in [5.41, 5.74) is -1.41. The molecule has 3 heterocycles. The van der Waals surface area contributed by atoms with Crippen molar-refractivity contribution in [2.75, 3.05) is 6.26 Å². The number of alkyl halides is 4. The second kappa shape index (κ2) is 14.0. The fraction of sp³-hybridized carbons (Fsp3) is 0.385. The monoisotopic (exact) mass is 817 g/mol. The van der Waals surface area contributed by atoms with Crippen LogP contribution in [0, 0.1) is 29.4 Å². The van der Waals surface area contributed by atoms with Crippen LogP contribution in [0.2, 0.25) is 5.02 Å². The first kappa shape index (κ1) is 39.5. The van der Waals surface area contributed by atoms with Gasteiger partial charge in [-0.25, -0.2) is 31.0 Å². The number of Topliss-reactive ketones (excluding diaryl/α,β-unsaturated/α-hetero) is 1. The highest BCUT2D eigenvalue weighted by Crippen LogP contribution is 2.68. The Morgan fingerprint density at radius 3 is 2.39 bits per heavy atom. The third-order valence-corrected chi connectivity index (χ3v) is 11.0. The first-order valence-corrected chi connectivity index (χ1v) is 19.9. The lowest BCUT2D eigenvalue weighted by atomic mass is 9.86. The van der Waals surface area contributed by atoms with E-state index in [0.29, 0.717) is 32.8 Å². The predicted molar refractivity (Wildman–Crippen MR) is 195 cm³/mol. The average molecular weight is 818 g/mol. The smallest absolute Gasteiger partial charge is 0.293 e. The third kappa shape index (κ3) is 7.68. The van der Waals surface area contributed by atoms with Gasteiger partial charge in [0.1, 0.15) is 40.9 Å². The summed E-state index contributed by atoms with van der Waals surface area (Å²) in [5.74, 6) is -3.94. The second-order valence-electron chi connectivity index (χ2n) is 15.0. The fourth-order valence-corrected chi connectivity index (χ4v) is 8.65. The molecule has 2 aliphatic carbocycles. The number of pyridine rings is 1. The van der Waals surface area contributed by atoms with Crippen molar-refractivity contribution in [1.29, 1.82) is 0 Å². The van der Waals surface area contributed by atoms with Gasteiger partial charge in [0.25, 0.3) is 12.3 Å². The Morgan fingerprint density at radius 2 is 1.75 bits per heavy atom. The molecule has 0 saturated heterocycles. The highest BCUT2D eigenvalue weighted by molar-refractivity contribution is 7.89. The molecule has 2 aliphatic rings. The number of aryl methyl sites for hydroxylation is 1. The standard InChI is InChI=1S/C39H34ClF6N5O4S/c1-38(2,53)10-9-23-5-6-25(26-7-8-29(40)32-30(18-56(4,54)55)48-50(3)35(26)32)33(47-23)20(11-19-12-21(41)15-22(42)13-19)14-24(52)17-51-36-31(34(49-51)37(43)44)27-16-28(27)39(36,45)46/h5-8,12-13,15,20,27-28,37,53H,11,14,16-18H2,1-4H3/t20-,27+,28-/m1/s1. The predicted octanol–water partition coefficient (Wildman–Crippen LogP) is 7.56. The van der Waals surface area contributed by atoms with E-state index in [4.69, 9.17) is 16.6 Å². The van der Waals surface area contributed by atoms with Crippen LogP contribution >= 0.6 is 11.6 Å². The van der Waals surface area contributed by atoms with Gasteiger partial charge < -0.3 is 5.11 Å². The SMILES string of the molecule is Cn1nc(CS(C)(=O)=O)c2c(Cl)ccc(-c3ccc(C#CC(C)(C)O)nc3[C@@H](CC(=O)Cn3nc(C(F)F)c4c3C(F)(F)[C@@H]3C[C@H]43)Cc3cc(F)cc(F)c3)c21. The minimum atomic E-state index is -3.57. The summed E-state index contributed by atoms with van der Waals surface area (Å²) in [4.78, 5) is 18.8. The van der Waals surface area contributed by atoms with E-state index in [2.05, 4.69) is 22.0 Å². The van der Waals surface area contributed by atoms with E-state index in [1.807, 2.05) is 0 Å². The first-order chi connectivity index (χ1) is 26.1. The minimum absolute atomic E-state index is 0.0388. The molecule has 294 valence electrons. The molecule has 1 fully saturated rings. The zero-order valence-corrected chi connectivity index (χ0v) is 31.9. The van der Waals surface area contributed by atoms with E-state index in [1.54, 1.807) is 25.2 Å². The van der Waals surface area contributed by atoms with Crippen LogP contribution < -0.4 is 0 Å². The quantitative estimate of drug-likeness (QED) is 0.108. The number of rotatable bonds is 11. The molecular formula is C39H34ClF6N5O4S. The largest absolute Gasteiger partial charge is 0.378 e. The minimum Gasteiger partial charge on any atom is -0.378 e. The van der Waals surface area contributed by atoms with Crippen LogP contribution in [-0.2, 0) is 46.3 Å². The lowest BCUT2D eigenvalue weighted by Crippen LogP contribution is -2.24. The highest BCUT2D eigenvalue weighted by Gasteiger charge is 2.67. The number of ketones is 1. The number of hydrogen-bond donors (Lipinski definition) is 1. The van der Waals surface area contributed by atoms with E-state index in [1.165, 1.54) is 24.6 Å². The molecule has 5 aromatic rings. The van der Waals surface area contributed by atoms with Crippen molar-refractivity contribution in [2.45, 2.75) is 75.2 Å². The second-order valence-corrected chi connectivity index (χ2v) is 17.5. The number of carbonyl (C=O) groups is 1. The molecule has 3 aromatic heterocycles. The molecule has 0 aliphatic heterocycles. The van der Waals surface area contributed by atoms with Gasteiger partial charge in [-0.05, 0) is 74.4 Å². The van der Waals surface area contributed by atoms with Crippen molar-refractivity contribution >= 4 is 38.1 Å². The van der Waals surface area contributed by atoms with Crippen LogP contribution in [0.25, 0.3) is 22.0 Å². The molecule has 7 rings (SSSR count). The molecule has 17 heteroatoms. The van der Waals surface area contributed by atoms with E-state index in [-0.39, 0.29) is 46.1 Å². The molecule has 9 nitrogen and oxygen atoms in total. The molecule has 0 unspecified atom stereocenters. The number of fused-ring (bicyclic) bond motifs is 4. The van der Waals surface area contributed by atoms with Gasteiger partial charge in [0.2, 0.25) is 0 Å². The van der Waals surface area contributed by atoms with Crippen LogP contribution in [0.3, 0.4) is 0 Å². The number of benzene rings is 2. The summed E-state index contributed by atoms with van der Waals surface area (Å²) in [7, 11) is -1.99. The molecule has 0 bridgehead atoms. The Morgan fingerprint density at radius 1 is 1.07 bits per heavy atom. The number of halogens is 7. The molecule has 0 amide bonds. The lowest BCUT2D eigenvalue weighted by Gasteiger charge is -2.22. The van der Waals surface area contributed by atoms with E-state index >= 15 is 8.78 Å². The molecule has 0 radical (unpaired) electrons. The summed E-state index contributed by atoms with van der Waals surface area (Å²) in [6.45, 7) is 2.11. The van der Waals surface area contributed by atoms with Gasteiger partial charge in [-0.3, -0.25) is 14.2 Å². The maximum Gasteiger partial charge on any atom is 0.293 e. The topological polar surface area (TPSA) is 120 Å². The van der Waals surface area contributed by atoms with Gasteiger partial charge >= 0.3 is 0 Å². The highest BCUT2D eigenvalue weighted by atomic mass is 35.5. The molecule has 1 saturated carbocycles. The Kier molecular flexibility index (Phi) is 9.90. The maximum absolute atomic E-state index is 15.4. The zero-order valence-electron chi connectivity index (χ0n) is 30.3. The van der Waals surface area contributed by atoms with Gasteiger partial charge in [-0.2, -0.15) is 19.0 Å². The summed E-state index contributed by atoms with van der Waals surface area (Å²) in [6.07, 6.45) is -2.76. The van der Waals surface area contributed by atoms with Gasteiger partial charge in [0.05, 0.1) is 27.7 Å². The van der Waals surface area contributed by atoms with Crippen molar-refractivity contribution in [2.24, 2.45) is 13.0 Å². The first-order valence-electron chi connectivity index (χ1n) is 17.4. The molecule has 3 atom stereocenters. The zero-order chi connectivity index (χ0) is 40.6. The number of sulfone groups is 1. The van der Waals surface area contributed by atoms with Crippen LogP contribution in [0.5, 0.6) is 0 Å². The fourth-order valence-electron chi connectivity index (χ4n) is 7.69. The van der Waals surface area contributed by atoms with E-state index < -0.39 is 93.1 Å². The normalized spacial score (nSPS) is 17.8. The summed E-state index contributed by atoms with van der Waals surface area (Å²) >= 11 is 6.62. The Bertz CT molecular complexity index is 2590. The van der Waals surface area contributed by atoms with E-state index in [9.17, 15) is 35.9 Å². The summed E-state index contributed by atoms with van der Waals surface area (Å²) in [6, 6.07) is 9.13. The Balaban J connectivity index is 1.39. The van der Waals surface area contributed by atoms with Gasteiger partial charge in [0, 0.05) is 59.7 Å². The number of hydrogen-bond acceptors (Lipinski definition) is 7. The van der Waals surface area contributed by atoms with Crippen LogP contribution in [0.4, 0.5) is 26.3 Å². The van der Waals surface area contributed by atoms with E-state index in [0.717, 1.165) is 18.4 Å².